The highest BCUT2D eigenvalue weighted by molar-refractivity contribution is 7.99. The molecule has 0 unspecified atom stereocenters. The van der Waals surface area contributed by atoms with Gasteiger partial charge in [-0.3, -0.25) is 19.6 Å². The van der Waals surface area contributed by atoms with Crippen LogP contribution in [0.5, 0.6) is 0 Å². The van der Waals surface area contributed by atoms with Crippen LogP contribution in [-0.4, -0.2) is 79.8 Å². The first kappa shape index (κ1) is 38.3. The first-order valence-electron chi connectivity index (χ1n) is 19.8. The summed E-state index contributed by atoms with van der Waals surface area (Å²) in [6, 6.07) is 8.72. The molecule has 11 rings (SSSR count). The van der Waals surface area contributed by atoms with E-state index in [1.165, 1.54) is 37.6 Å². The molecule has 16 heteroatoms. The Kier molecular flexibility index (Phi) is 10.3. The molecule has 1 fully saturated rings. The van der Waals surface area contributed by atoms with Gasteiger partial charge in [-0.25, -0.2) is 19.9 Å². The third-order valence-electron chi connectivity index (χ3n) is 12.0. The standard InChI is InChI=1S/C23H23N5OS2.C20H18N4O2S2/c1-30-19-9-15-11-24-10-14(15)7-17(19)27-21-20-16-4-3-13(23(29)28-5-2-6-28)8-18(16)31-22(20)26-12-25-21;1-27-16-6-12-8-21-7-11(12)4-14(16)24-18-17-13-3-2-10(20(25)26)5-15(13)28-19(17)23-9-22-18/h7,9-10,12-13H,2-6,8,11H2,1H3,(H,25,26,27);4,6-7,9-10H,2-3,5,8H2,1H3,(H,25,26)(H,22,23,24)/t13-;10-/m00/s1. The number of hydrogen-bond donors (Lipinski definition) is 3. The minimum absolute atomic E-state index is 0.115. The van der Waals surface area contributed by atoms with Crippen LogP contribution in [0.3, 0.4) is 0 Å². The quantitative estimate of drug-likeness (QED) is 0.126. The summed E-state index contributed by atoms with van der Waals surface area (Å²) in [5.74, 6) is 1.09. The van der Waals surface area contributed by atoms with E-state index in [-0.39, 0.29) is 11.8 Å². The summed E-state index contributed by atoms with van der Waals surface area (Å²) < 4.78 is 0. The van der Waals surface area contributed by atoms with Gasteiger partial charge in [-0.05, 0) is 115 Å². The second-order valence-electron chi connectivity index (χ2n) is 15.4. The summed E-state index contributed by atoms with van der Waals surface area (Å²) >= 11 is 6.75. The van der Waals surface area contributed by atoms with Crippen molar-refractivity contribution in [1.82, 2.24) is 24.8 Å². The summed E-state index contributed by atoms with van der Waals surface area (Å²) in [4.78, 5) is 59.8. The molecule has 1 amide bonds. The molecule has 12 nitrogen and oxygen atoms in total. The number of carboxylic acid groups (broad SMARTS) is 1. The zero-order chi connectivity index (χ0) is 40.2. The molecule has 1 saturated heterocycles. The number of thiophene rings is 2. The van der Waals surface area contributed by atoms with Gasteiger partial charge in [-0.2, -0.15) is 0 Å². The van der Waals surface area contributed by atoms with Crippen LogP contribution < -0.4 is 10.6 Å². The van der Waals surface area contributed by atoms with E-state index in [1.54, 1.807) is 58.9 Å². The van der Waals surface area contributed by atoms with Crippen molar-refractivity contribution in [3.63, 3.8) is 0 Å². The molecule has 0 bridgehead atoms. The fourth-order valence-electron chi connectivity index (χ4n) is 8.69. The summed E-state index contributed by atoms with van der Waals surface area (Å²) in [6.07, 6.45) is 17.0. The number of rotatable bonds is 8. The lowest BCUT2D eigenvalue weighted by atomic mass is 9.86. The van der Waals surface area contributed by atoms with Gasteiger partial charge in [0.15, 0.2) is 0 Å². The molecule has 2 aliphatic carbocycles. The normalized spacial score (nSPS) is 18.4. The lowest BCUT2D eigenvalue weighted by Crippen LogP contribution is -2.46. The van der Waals surface area contributed by atoms with Crippen molar-refractivity contribution in [2.75, 3.05) is 36.2 Å². The maximum atomic E-state index is 12.8. The lowest BCUT2D eigenvalue weighted by Gasteiger charge is -2.35. The summed E-state index contributed by atoms with van der Waals surface area (Å²) in [5.41, 5.74) is 9.43. The van der Waals surface area contributed by atoms with Gasteiger partial charge in [0.05, 0.1) is 41.2 Å². The fraction of sp³-hybridized carbons (Fsp3) is 0.349. The van der Waals surface area contributed by atoms with Crippen LogP contribution in [-0.2, 0) is 48.4 Å². The van der Waals surface area contributed by atoms with Gasteiger partial charge < -0.3 is 20.6 Å². The highest BCUT2D eigenvalue weighted by Gasteiger charge is 2.34. The van der Waals surface area contributed by atoms with Crippen molar-refractivity contribution in [2.24, 2.45) is 21.8 Å². The monoisotopic (exact) mass is 859 g/mol. The number of likely N-dealkylation sites (tertiary alicyclic amines) is 1. The van der Waals surface area contributed by atoms with Crippen molar-refractivity contribution in [3.8, 4) is 0 Å². The van der Waals surface area contributed by atoms with Crippen LogP contribution in [0.25, 0.3) is 20.4 Å². The predicted octanol–water partition coefficient (Wildman–Crippen LogP) is 8.71. The number of aliphatic carboxylic acids is 1. The Morgan fingerprint density at radius 3 is 1.71 bits per heavy atom. The van der Waals surface area contributed by atoms with Crippen LogP contribution in [0.2, 0.25) is 0 Å². The van der Waals surface area contributed by atoms with Gasteiger partial charge in [0.25, 0.3) is 0 Å². The van der Waals surface area contributed by atoms with E-state index in [4.69, 9.17) is 0 Å². The Labute approximate surface area is 357 Å². The number of aliphatic imine (C=N–C) groups is 2. The third-order valence-corrected chi connectivity index (χ3v) is 15.8. The summed E-state index contributed by atoms with van der Waals surface area (Å²) in [7, 11) is 0. The van der Waals surface area contributed by atoms with Crippen LogP contribution in [0.1, 0.15) is 62.4 Å². The van der Waals surface area contributed by atoms with E-state index in [1.807, 2.05) is 17.3 Å². The highest BCUT2D eigenvalue weighted by atomic mass is 32.2. The van der Waals surface area contributed by atoms with Gasteiger partial charge in [0.2, 0.25) is 5.91 Å². The van der Waals surface area contributed by atoms with Crippen LogP contribution in [0.15, 0.2) is 56.7 Å². The van der Waals surface area contributed by atoms with E-state index < -0.39 is 5.97 Å². The van der Waals surface area contributed by atoms with Crippen LogP contribution in [0, 0.1) is 11.8 Å². The number of hydrogen-bond acceptors (Lipinski definition) is 14. The minimum atomic E-state index is -0.711. The number of carboxylic acids is 1. The molecular formula is C43H41N9O3S4. The third kappa shape index (κ3) is 7.17. The number of nitrogens with one attached hydrogen (secondary N) is 2. The van der Waals surface area contributed by atoms with Crippen LogP contribution in [0.4, 0.5) is 23.0 Å². The average Bonchev–Trinajstić information content (AvgIpc) is 4.04. The number of amides is 1. The number of carbonyl (C=O) groups excluding carboxylic acids is 1. The van der Waals surface area contributed by atoms with E-state index >= 15 is 0 Å². The number of anilines is 4. The van der Waals surface area contributed by atoms with E-state index in [0.717, 1.165) is 117 Å². The van der Waals surface area contributed by atoms with Crippen molar-refractivity contribution in [1.29, 1.82) is 0 Å². The second kappa shape index (κ2) is 15.9. The van der Waals surface area contributed by atoms with Crippen molar-refractivity contribution in [3.05, 3.63) is 80.1 Å². The van der Waals surface area contributed by atoms with E-state index in [9.17, 15) is 14.7 Å². The lowest BCUT2D eigenvalue weighted by molar-refractivity contribution is -0.142. The molecule has 3 aliphatic heterocycles. The SMILES string of the molecule is CSc1cc2c(cc1Nc1ncnc3sc4c(c13)CC[C@H](C(=O)N1CCC1)C4)C=NC2.CSc1cc2c(cc1Nc1ncnc3sc4c(c13)CC[C@H](C(=O)O)C4)C=NC2. The smallest absolute Gasteiger partial charge is 0.306 e. The highest BCUT2D eigenvalue weighted by Crippen LogP contribution is 2.44. The zero-order valence-corrected chi connectivity index (χ0v) is 35.8. The van der Waals surface area contributed by atoms with Gasteiger partial charge >= 0.3 is 5.97 Å². The Balaban J connectivity index is 0.000000143. The maximum absolute atomic E-state index is 12.8. The second-order valence-corrected chi connectivity index (χ2v) is 19.3. The molecule has 5 aliphatic rings. The number of fused-ring (bicyclic) bond motifs is 8. The largest absolute Gasteiger partial charge is 0.481 e. The Bertz CT molecular complexity index is 2740. The van der Waals surface area contributed by atoms with Gasteiger partial charge in [0.1, 0.15) is 34.0 Å². The molecule has 0 radical (unpaired) electrons. The van der Waals surface area contributed by atoms with Crippen LogP contribution >= 0.6 is 46.2 Å². The number of carbonyl (C=O) groups is 2. The molecule has 0 saturated carbocycles. The molecule has 2 aromatic carbocycles. The molecule has 4 aromatic heterocycles. The number of nitrogens with zero attached hydrogens (tertiary/aromatic N) is 7. The molecule has 3 N–H and O–H groups in total. The Morgan fingerprint density at radius 1 is 0.729 bits per heavy atom. The molecular weight excluding hydrogens is 819 g/mol. The number of thioether (sulfide) groups is 2. The van der Waals surface area contributed by atoms with Gasteiger partial charge in [0, 0.05) is 51.0 Å². The van der Waals surface area contributed by atoms with E-state index in [2.05, 4.69) is 77.3 Å². The Morgan fingerprint density at radius 2 is 1.24 bits per heavy atom. The van der Waals surface area contributed by atoms with E-state index in [0.29, 0.717) is 18.7 Å². The van der Waals surface area contributed by atoms with Crippen molar-refractivity contribution in [2.45, 2.75) is 67.8 Å². The molecule has 6 aromatic rings. The van der Waals surface area contributed by atoms with Gasteiger partial charge in [-0.15, -0.1) is 46.2 Å². The Hall–Kier alpha value is -4.90. The zero-order valence-electron chi connectivity index (χ0n) is 32.6. The summed E-state index contributed by atoms with van der Waals surface area (Å²) in [6.45, 7) is 3.36. The molecule has 2 atom stereocenters. The van der Waals surface area contributed by atoms with Crippen molar-refractivity contribution < 1.29 is 14.7 Å². The maximum Gasteiger partial charge on any atom is 0.306 e. The molecule has 59 heavy (non-hydrogen) atoms. The number of aryl methyl sites for hydroxylation is 2. The fourth-order valence-corrected chi connectivity index (χ4v) is 12.4. The molecule has 7 heterocycles. The summed E-state index contributed by atoms with van der Waals surface area (Å²) in [5, 5.41) is 18.7. The molecule has 0 spiro atoms. The number of aromatic nitrogens is 4. The molecule has 300 valence electrons. The predicted molar refractivity (Wildman–Crippen MR) is 240 cm³/mol. The first-order valence-corrected chi connectivity index (χ1v) is 23.9. The topological polar surface area (TPSA) is 158 Å². The van der Waals surface area contributed by atoms with Gasteiger partial charge in [-0.1, -0.05) is 0 Å². The minimum Gasteiger partial charge on any atom is -0.481 e. The van der Waals surface area contributed by atoms with Crippen molar-refractivity contribution >= 4 is 114 Å². The average molecular weight is 860 g/mol. The number of benzene rings is 2. The first-order chi connectivity index (χ1) is 28.8.